The molecule has 0 aromatic heterocycles. The summed E-state index contributed by atoms with van der Waals surface area (Å²) < 4.78 is 13.6. The summed E-state index contributed by atoms with van der Waals surface area (Å²) in [4.78, 5) is 0. The molecule has 1 atom stereocenters. The van der Waals surface area contributed by atoms with Crippen LogP contribution in [0.4, 0.5) is 4.39 Å². The molecule has 0 amide bonds. The van der Waals surface area contributed by atoms with E-state index < -0.39 is 0 Å². The van der Waals surface area contributed by atoms with Gasteiger partial charge in [0.25, 0.3) is 0 Å². The van der Waals surface area contributed by atoms with E-state index in [-0.39, 0.29) is 17.3 Å². The van der Waals surface area contributed by atoms with Gasteiger partial charge in [-0.3, -0.25) is 0 Å². The third-order valence-electron chi connectivity index (χ3n) is 3.17. The molecule has 0 heterocycles. The van der Waals surface area contributed by atoms with Crippen LogP contribution in [-0.2, 0) is 0 Å². The summed E-state index contributed by atoms with van der Waals surface area (Å²) in [5.41, 5.74) is 0.739. The van der Waals surface area contributed by atoms with E-state index in [0.29, 0.717) is 12.0 Å². The van der Waals surface area contributed by atoms with Gasteiger partial charge in [-0.15, -0.1) is 0 Å². The summed E-state index contributed by atoms with van der Waals surface area (Å²) >= 11 is 0. The lowest BCUT2D eigenvalue weighted by Crippen LogP contribution is -2.31. The summed E-state index contributed by atoms with van der Waals surface area (Å²) in [5.74, 6) is -0.174. The molecule has 0 fully saturated rings. The molecule has 0 aliphatic heterocycles. The van der Waals surface area contributed by atoms with Crippen molar-refractivity contribution in [2.45, 2.75) is 39.7 Å². The second kappa shape index (κ2) is 6.51. The van der Waals surface area contributed by atoms with Crippen molar-refractivity contribution in [2.75, 3.05) is 6.54 Å². The van der Waals surface area contributed by atoms with Crippen molar-refractivity contribution in [1.82, 2.24) is 5.32 Å². The van der Waals surface area contributed by atoms with Crippen molar-refractivity contribution in [2.24, 2.45) is 5.41 Å². The second-order valence-electron chi connectivity index (χ2n) is 5.45. The first-order chi connectivity index (χ1) is 8.46. The normalized spacial score (nSPS) is 13.1. The van der Waals surface area contributed by atoms with Crippen LogP contribution < -0.4 is 5.32 Å². The number of halogens is 1. The van der Waals surface area contributed by atoms with Gasteiger partial charge in [0.05, 0.1) is 6.07 Å². The molecule has 0 bridgehead atoms. The SMILES string of the molecule is C[C@@H](NCC(C)(C)CCC#N)c1ccccc1F. The van der Waals surface area contributed by atoms with Gasteiger partial charge in [-0.2, -0.15) is 5.26 Å². The van der Waals surface area contributed by atoms with E-state index in [4.69, 9.17) is 5.26 Å². The highest BCUT2D eigenvalue weighted by Gasteiger charge is 2.19. The summed E-state index contributed by atoms with van der Waals surface area (Å²) in [6.07, 6.45) is 1.41. The zero-order valence-electron chi connectivity index (χ0n) is 11.3. The lowest BCUT2D eigenvalue weighted by atomic mass is 9.87. The average Bonchev–Trinajstić information content (AvgIpc) is 2.34. The summed E-state index contributed by atoms with van der Waals surface area (Å²) in [7, 11) is 0. The minimum atomic E-state index is -0.174. The average molecular weight is 248 g/mol. The molecule has 1 N–H and O–H groups in total. The van der Waals surface area contributed by atoms with Gasteiger partial charge in [0.15, 0.2) is 0 Å². The topological polar surface area (TPSA) is 35.8 Å². The molecule has 0 aliphatic carbocycles. The van der Waals surface area contributed by atoms with Crippen molar-refractivity contribution >= 4 is 0 Å². The Balaban J connectivity index is 2.54. The smallest absolute Gasteiger partial charge is 0.127 e. The monoisotopic (exact) mass is 248 g/mol. The van der Waals surface area contributed by atoms with Gasteiger partial charge in [-0.1, -0.05) is 32.0 Å². The predicted molar refractivity (Wildman–Crippen MR) is 71.4 cm³/mol. The Morgan fingerprint density at radius 3 is 2.67 bits per heavy atom. The van der Waals surface area contributed by atoms with Crippen LogP contribution in [0.25, 0.3) is 0 Å². The number of nitrogens with one attached hydrogen (secondary N) is 1. The maximum absolute atomic E-state index is 13.6. The molecule has 18 heavy (non-hydrogen) atoms. The first-order valence-corrected chi connectivity index (χ1v) is 6.31. The van der Waals surface area contributed by atoms with E-state index >= 15 is 0 Å². The van der Waals surface area contributed by atoms with Crippen molar-refractivity contribution in [3.63, 3.8) is 0 Å². The number of nitrogens with zero attached hydrogens (tertiary/aromatic N) is 1. The maximum Gasteiger partial charge on any atom is 0.127 e. The predicted octanol–water partition coefficient (Wildman–Crippen LogP) is 3.81. The molecule has 98 valence electrons. The Bertz CT molecular complexity index is 421. The lowest BCUT2D eigenvalue weighted by molar-refractivity contribution is 0.303. The molecule has 0 saturated carbocycles. The third kappa shape index (κ3) is 4.46. The van der Waals surface area contributed by atoms with Gasteiger partial charge >= 0.3 is 0 Å². The molecule has 0 unspecified atom stereocenters. The molecule has 0 radical (unpaired) electrons. The van der Waals surface area contributed by atoms with Crippen LogP contribution in [0.1, 0.15) is 45.2 Å². The Morgan fingerprint density at radius 1 is 1.39 bits per heavy atom. The number of rotatable bonds is 6. The number of hydrogen-bond acceptors (Lipinski definition) is 2. The molecule has 0 spiro atoms. The van der Waals surface area contributed by atoms with E-state index in [2.05, 4.69) is 25.2 Å². The van der Waals surface area contributed by atoms with Crippen LogP contribution in [0.5, 0.6) is 0 Å². The molecule has 3 heteroatoms. The highest BCUT2D eigenvalue weighted by atomic mass is 19.1. The summed E-state index contributed by atoms with van der Waals surface area (Å²) in [5, 5.41) is 11.9. The van der Waals surface area contributed by atoms with Crippen LogP contribution in [0.15, 0.2) is 24.3 Å². The molecule has 0 saturated heterocycles. The van der Waals surface area contributed by atoms with Crippen molar-refractivity contribution < 1.29 is 4.39 Å². The van der Waals surface area contributed by atoms with Gasteiger partial charge in [-0.25, -0.2) is 4.39 Å². The van der Waals surface area contributed by atoms with E-state index in [1.54, 1.807) is 12.1 Å². The summed E-state index contributed by atoms with van der Waals surface area (Å²) in [6.45, 7) is 6.96. The minimum Gasteiger partial charge on any atom is -0.310 e. The maximum atomic E-state index is 13.6. The first-order valence-electron chi connectivity index (χ1n) is 6.31. The van der Waals surface area contributed by atoms with Crippen molar-refractivity contribution in [3.8, 4) is 6.07 Å². The molecule has 1 aromatic carbocycles. The molecular weight excluding hydrogens is 227 g/mol. The van der Waals surface area contributed by atoms with Gasteiger partial charge in [0.2, 0.25) is 0 Å². The van der Waals surface area contributed by atoms with Crippen LogP contribution in [0.3, 0.4) is 0 Å². The molecule has 2 nitrogen and oxygen atoms in total. The summed E-state index contributed by atoms with van der Waals surface area (Å²) in [6, 6.07) is 8.97. The van der Waals surface area contributed by atoms with Crippen LogP contribution >= 0.6 is 0 Å². The fourth-order valence-corrected chi connectivity index (χ4v) is 1.85. The quantitative estimate of drug-likeness (QED) is 0.831. The highest BCUT2D eigenvalue weighted by Crippen LogP contribution is 2.23. The number of nitriles is 1. The molecule has 0 aliphatic rings. The van der Waals surface area contributed by atoms with E-state index in [9.17, 15) is 4.39 Å². The van der Waals surface area contributed by atoms with E-state index in [1.807, 2.05) is 13.0 Å². The standard InChI is InChI=1S/C15H21FN2/c1-12(13-7-4-5-8-14(13)16)18-11-15(2,3)9-6-10-17/h4-5,7-8,12,18H,6,9,11H2,1-3H3/t12-/m1/s1. The minimum absolute atomic E-state index is 0.0208. The number of benzene rings is 1. The van der Waals surface area contributed by atoms with Gasteiger partial charge in [0.1, 0.15) is 5.82 Å². The van der Waals surface area contributed by atoms with E-state index in [0.717, 1.165) is 13.0 Å². The van der Waals surface area contributed by atoms with Gasteiger partial charge in [-0.05, 0) is 24.8 Å². The largest absolute Gasteiger partial charge is 0.310 e. The fraction of sp³-hybridized carbons (Fsp3) is 0.533. The Labute approximate surface area is 109 Å². The lowest BCUT2D eigenvalue weighted by Gasteiger charge is -2.26. The van der Waals surface area contributed by atoms with Crippen molar-refractivity contribution in [3.05, 3.63) is 35.6 Å². The molecule has 1 rings (SSSR count). The first kappa shape index (κ1) is 14.7. The van der Waals surface area contributed by atoms with Crippen LogP contribution in [-0.4, -0.2) is 6.54 Å². The Kier molecular flexibility index (Phi) is 5.30. The van der Waals surface area contributed by atoms with E-state index in [1.165, 1.54) is 6.07 Å². The molecule has 1 aromatic rings. The Morgan fingerprint density at radius 2 is 2.06 bits per heavy atom. The fourth-order valence-electron chi connectivity index (χ4n) is 1.85. The second-order valence-corrected chi connectivity index (χ2v) is 5.45. The van der Waals surface area contributed by atoms with Crippen LogP contribution in [0.2, 0.25) is 0 Å². The highest BCUT2D eigenvalue weighted by molar-refractivity contribution is 5.20. The Hall–Kier alpha value is -1.40. The zero-order valence-corrected chi connectivity index (χ0v) is 11.3. The van der Waals surface area contributed by atoms with Crippen molar-refractivity contribution in [1.29, 1.82) is 5.26 Å². The van der Waals surface area contributed by atoms with Gasteiger partial charge in [0, 0.05) is 24.6 Å². The molecular formula is C15H21FN2. The number of hydrogen-bond donors (Lipinski definition) is 1. The third-order valence-corrected chi connectivity index (χ3v) is 3.17. The van der Waals surface area contributed by atoms with Crippen LogP contribution in [0, 0.1) is 22.6 Å². The van der Waals surface area contributed by atoms with Gasteiger partial charge < -0.3 is 5.32 Å². The zero-order chi connectivity index (χ0) is 13.6.